The number of rotatable bonds is 0. The molecule has 1 heterocycles. The maximum atomic E-state index is 5.93. The van der Waals surface area contributed by atoms with Gasteiger partial charge in [-0.2, -0.15) is 0 Å². The summed E-state index contributed by atoms with van der Waals surface area (Å²) in [6, 6.07) is 0. The minimum absolute atomic E-state index is 0.656. The Kier molecular flexibility index (Phi) is 7.97. The van der Waals surface area contributed by atoms with Gasteiger partial charge in [0.25, 0.3) is 0 Å². The number of fused-ring (bicyclic) bond motifs is 3. The van der Waals surface area contributed by atoms with Gasteiger partial charge in [0.1, 0.15) is 0 Å². The largest absolute Gasteiger partial charge is 0.378 e. The summed E-state index contributed by atoms with van der Waals surface area (Å²) >= 11 is 0. The molecule has 1 nitrogen and oxygen atoms in total. The number of hydrogen-bond donors (Lipinski definition) is 0. The van der Waals surface area contributed by atoms with Crippen molar-refractivity contribution in [3.63, 3.8) is 0 Å². The van der Waals surface area contributed by atoms with Crippen LogP contribution in [0.1, 0.15) is 79.1 Å². The Bertz CT molecular complexity index is 180. The molecule has 1 heteroatoms. The predicted molar refractivity (Wildman–Crippen MR) is 79.8 cm³/mol. The lowest BCUT2D eigenvalue weighted by molar-refractivity contribution is -0.0937. The highest BCUT2D eigenvalue weighted by molar-refractivity contribution is 4.91. The number of ether oxygens (including phenoxy) is 1. The van der Waals surface area contributed by atoms with Crippen LogP contribution in [0.5, 0.6) is 0 Å². The standard InChI is InChI=1S/C13H22O.2C2H6/c1-2-5-11-10(4-1)7-8-13-12(11)6-3-9-14-13;2*1-2/h10-13H,1-9H2;2*1-2H3. The highest BCUT2D eigenvalue weighted by Gasteiger charge is 2.41. The molecule has 0 radical (unpaired) electrons. The van der Waals surface area contributed by atoms with Crippen molar-refractivity contribution in [2.75, 3.05) is 6.61 Å². The Balaban J connectivity index is 0.000000371. The molecule has 108 valence electrons. The van der Waals surface area contributed by atoms with Crippen LogP contribution in [-0.4, -0.2) is 12.7 Å². The van der Waals surface area contributed by atoms with Gasteiger partial charge in [-0.25, -0.2) is 0 Å². The monoisotopic (exact) mass is 254 g/mol. The fourth-order valence-electron chi connectivity index (χ4n) is 4.19. The summed E-state index contributed by atoms with van der Waals surface area (Å²) in [4.78, 5) is 0. The van der Waals surface area contributed by atoms with Gasteiger partial charge in [0.2, 0.25) is 0 Å². The molecule has 0 aromatic heterocycles. The van der Waals surface area contributed by atoms with Gasteiger partial charge in [-0.15, -0.1) is 0 Å². The summed E-state index contributed by atoms with van der Waals surface area (Å²) in [5, 5.41) is 0. The van der Waals surface area contributed by atoms with Gasteiger partial charge in [-0.3, -0.25) is 0 Å². The van der Waals surface area contributed by atoms with Crippen molar-refractivity contribution in [2.24, 2.45) is 17.8 Å². The molecule has 0 bridgehead atoms. The van der Waals surface area contributed by atoms with Gasteiger partial charge >= 0.3 is 0 Å². The van der Waals surface area contributed by atoms with Crippen molar-refractivity contribution in [2.45, 2.75) is 85.2 Å². The molecule has 18 heavy (non-hydrogen) atoms. The van der Waals surface area contributed by atoms with Crippen LogP contribution in [0.2, 0.25) is 0 Å². The van der Waals surface area contributed by atoms with Gasteiger partial charge < -0.3 is 4.74 Å². The molecule has 2 saturated carbocycles. The van der Waals surface area contributed by atoms with E-state index in [-0.39, 0.29) is 0 Å². The van der Waals surface area contributed by atoms with Crippen LogP contribution in [0.15, 0.2) is 0 Å². The zero-order chi connectivity index (χ0) is 13.4. The molecule has 0 aromatic rings. The van der Waals surface area contributed by atoms with Gasteiger partial charge in [0.05, 0.1) is 6.10 Å². The van der Waals surface area contributed by atoms with E-state index >= 15 is 0 Å². The second kappa shape index (κ2) is 8.96. The van der Waals surface area contributed by atoms with E-state index in [4.69, 9.17) is 4.74 Å². The lowest BCUT2D eigenvalue weighted by atomic mass is 9.63. The number of hydrogen-bond acceptors (Lipinski definition) is 1. The van der Waals surface area contributed by atoms with E-state index in [1.165, 1.54) is 51.4 Å². The molecule has 0 N–H and O–H groups in total. The summed E-state index contributed by atoms with van der Waals surface area (Å²) in [6.07, 6.45) is 12.3. The third kappa shape index (κ3) is 3.73. The lowest BCUT2D eigenvalue weighted by Crippen LogP contribution is -2.43. The van der Waals surface area contributed by atoms with E-state index in [2.05, 4.69) is 0 Å². The second-order valence-corrected chi connectivity index (χ2v) is 5.50. The first kappa shape index (κ1) is 16.0. The average Bonchev–Trinajstić information content (AvgIpc) is 2.51. The second-order valence-electron chi connectivity index (χ2n) is 5.50. The van der Waals surface area contributed by atoms with Crippen LogP contribution in [0, 0.1) is 17.8 Å². The van der Waals surface area contributed by atoms with Crippen molar-refractivity contribution in [3.8, 4) is 0 Å². The zero-order valence-electron chi connectivity index (χ0n) is 13.1. The van der Waals surface area contributed by atoms with E-state index in [1.54, 1.807) is 0 Å². The first-order chi connectivity index (χ1) is 8.95. The Morgan fingerprint density at radius 2 is 1.33 bits per heavy atom. The minimum atomic E-state index is 0.656. The van der Waals surface area contributed by atoms with Crippen LogP contribution in [0.25, 0.3) is 0 Å². The summed E-state index contributed by atoms with van der Waals surface area (Å²) in [7, 11) is 0. The van der Waals surface area contributed by atoms with Crippen molar-refractivity contribution in [1.82, 2.24) is 0 Å². The third-order valence-corrected chi connectivity index (χ3v) is 4.83. The molecule has 3 fully saturated rings. The summed E-state index contributed by atoms with van der Waals surface area (Å²) in [5.41, 5.74) is 0. The van der Waals surface area contributed by atoms with Gasteiger partial charge in [0, 0.05) is 6.61 Å². The van der Waals surface area contributed by atoms with Gasteiger partial charge in [0.15, 0.2) is 0 Å². The first-order valence-corrected chi connectivity index (χ1v) is 8.57. The van der Waals surface area contributed by atoms with Crippen molar-refractivity contribution >= 4 is 0 Å². The predicted octanol–water partition coefficient (Wildman–Crippen LogP) is 5.43. The summed E-state index contributed by atoms with van der Waals surface area (Å²) in [5.74, 6) is 3.07. The van der Waals surface area contributed by atoms with Crippen molar-refractivity contribution in [1.29, 1.82) is 0 Å². The molecule has 3 rings (SSSR count). The molecule has 4 unspecified atom stereocenters. The molecule has 1 saturated heterocycles. The molecule has 4 atom stereocenters. The fraction of sp³-hybridized carbons (Fsp3) is 1.00. The summed E-state index contributed by atoms with van der Waals surface area (Å²) in [6.45, 7) is 9.04. The van der Waals surface area contributed by atoms with E-state index < -0.39 is 0 Å². The van der Waals surface area contributed by atoms with E-state index in [1.807, 2.05) is 27.7 Å². The Labute approximate surface area is 115 Å². The van der Waals surface area contributed by atoms with Crippen molar-refractivity contribution in [3.05, 3.63) is 0 Å². The quantitative estimate of drug-likeness (QED) is 0.560. The first-order valence-electron chi connectivity index (χ1n) is 8.57. The third-order valence-electron chi connectivity index (χ3n) is 4.83. The Morgan fingerprint density at radius 1 is 0.667 bits per heavy atom. The normalized spacial score (nSPS) is 38.0. The zero-order valence-corrected chi connectivity index (χ0v) is 13.1. The SMILES string of the molecule is C1CCC2C(C1)CCC1OCCCC12.CC.CC. The smallest absolute Gasteiger partial charge is 0.0606 e. The highest BCUT2D eigenvalue weighted by atomic mass is 16.5. The molecular formula is C17H34O. The molecule has 1 aliphatic heterocycles. The molecule has 3 aliphatic rings. The molecular weight excluding hydrogens is 220 g/mol. The Morgan fingerprint density at radius 3 is 2.11 bits per heavy atom. The van der Waals surface area contributed by atoms with Crippen LogP contribution >= 0.6 is 0 Å². The fourth-order valence-corrected chi connectivity index (χ4v) is 4.19. The van der Waals surface area contributed by atoms with Crippen LogP contribution in [0.4, 0.5) is 0 Å². The maximum absolute atomic E-state index is 5.93. The van der Waals surface area contributed by atoms with E-state index in [9.17, 15) is 0 Å². The van der Waals surface area contributed by atoms with Gasteiger partial charge in [-0.1, -0.05) is 47.0 Å². The van der Waals surface area contributed by atoms with E-state index in [0.29, 0.717) is 6.10 Å². The van der Waals surface area contributed by atoms with Crippen LogP contribution in [0.3, 0.4) is 0 Å². The molecule has 2 aliphatic carbocycles. The Hall–Kier alpha value is -0.0400. The van der Waals surface area contributed by atoms with Gasteiger partial charge in [-0.05, 0) is 49.9 Å². The maximum Gasteiger partial charge on any atom is 0.0606 e. The van der Waals surface area contributed by atoms with Crippen molar-refractivity contribution < 1.29 is 4.74 Å². The molecule has 0 amide bonds. The lowest BCUT2D eigenvalue weighted by Gasteiger charge is -2.47. The topological polar surface area (TPSA) is 9.23 Å². The molecule has 0 aromatic carbocycles. The van der Waals surface area contributed by atoms with E-state index in [0.717, 1.165) is 24.4 Å². The van der Waals surface area contributed by atoms with Crippen LogP contribution in [-0.2, 0) is 4.74 Å². The minimum Gasteiger partial charge on any atom is -0.378 e. The molecule has 0 spiro atoms. The van der Waals surface area contributed by atoms with Crippen LogP contribution < -0.4 is 0 Å². The summed E-state index contributed by atoms with van der Waals surface area (Å²) < 4.78 is 5.93. The average molecular weight is 254 g/mol. The highest BCUT2D eigenvalue weighted by Crippen LogP contribution is 2.47.